The topological polar surface area (TPSA) is 118 Å². The Morgan fingerprint density at radius 3 is 2.68 bits per heavy atom. The fraction of sp³-hybridized carbons (Fsp3) is 0.364. The van der Waals surface area contributed by atoms with Gasteiger partial charge in [0.1, 0.15) is 11.9 Å². The Labute approximate surface area is 132 Å². The molecule has 0 amide bonds. The van der Waals surface area contributed by atoms with Gasteiger partial charge < -0.3 is 5.11 Å². The second-order valence-corrected chi connectivity index (χ2v) is 7.32. The van der Waals surface area contributed by atoms with Gasteiger partial charge in [0.15, 0.2) is 4.90 Å². The average Bonchev–Trinajstić information content (AvgIpc) is 2.91. The average molecular weight is 397 g/mol. The van der Waals surface area contributed by atoms with E-state index in [0.29, 0.717) is 16.8 Å². The maximum Gasteiger partial charge on any atom is 0.322 e. The number of nitrogens with zero attached hydrogens (tertiary/aromatic N) is 2. The SMILES string of the molecule is O=C(O)C1CCCN1S(=O)(=O)c1cc(Br)c(F)cc1[N+](=O)[O-]. The molecule has 0 aromatic heterocycles. The standard InChI is InChI=1S/C11H10BrFN2O6S/c12-6-4-10(9(15(18)19)5-7(6)13)22(20,21)14-3-1-2-8(14)11(16)17/h4-5,8H,1-3H2,(H,16,17). The minimum atomic E-state index is -4.43. The van der Waals surface area contributed by atoms with Gasteiger partial charge in [0, 0.05) is 6.54 Å². The minimum Gasteiger partial charge on any atom is -0.480 e. The van der Waals surface area contributed by atoms with E-state index in [1.54, 1.807) is 0 Å². The summed E-state index contributed by atoms with van der Waals surface area (Å²) in [6.07, 6.45) is 0.442. The Morgan fingerprint density at radius 2 is 2.14 bits per heavy atom. The molecule has 0 spiro atoms. The van der Waals surface area contributed by atoms with Gasteiger partial charge in [-0.2, -0.15) is 4.31 Å². The second-order valence-electron chi connectivity index (χ2n) is 4.60. The van der Waals surface area contributed by atoms with Crippen molar-refractivity contribution in [3.05, 3.63) is 32.5 Å². The van der Waals surface area contributed by atoms with Crippen molar-refractivity contribution in [3.8, 4) is 0 Å². The lowest BCUT2D eigenvalue weighted by molar-refractivity contribution is -0.388. The molecule has 0 saturated carbocycles. The van der Waals surface area contributed by atoms with Gasteiger partial charge >= 0.3 is 5.97 Å². The monoisotopic (exact) mass is 396 g/mol. The Balaban J connectivity index is 2.61. The van der Waals surface area contributed by atoms with E-state index in [9.17, 15) is 27.7 Å². The number of carboxylic acids is 1. The van der Waals surface area contributed by atoms with E-state index in [1.165, 1.54) is 0 Å². The Bertz CT molecular complexity index is 753. The van der Waals surface area contributed by atoms with Gasteiger partial charge in [0.2, 0.25) is 0 Å². The van der Waals surface area contributed by atoms with Crippen molar-refractivity contribution >= 4 is 37.6 Å². The lowest BCUT2D eigenvalue weighted by Crippen LogP contribution is -2.40. The van der Waals surface area contributed by atoms with Crippen molar-refractivity contribution in [2.45, 2.75) is 23.8 Å². The number of aliphatic carboxylic acids is 1. The van der Waals surface area contributed by atoms with Gasteiger partial charge in [-0.05, 0) is 34.8 Å². The molecule has 1 aliphatic rings. The van der Waals surface area contributed by atoms with Gasteiger partial charge in [-0.1, -0.05) is 0 Å². The van der Waals surface area contributed by atoms with Crippen molar-refractivity contribution in [3.63, 3.8) is 0 Å². The third-order valence-electron chi connectivity index (χ3n) is 3.27. The number of benzene rings is 1. The third-order valence-corrected chi connectivity index (χ3v) is 5.82. The summed E-state index contributed by atoms with van der Waals surface area (Å²) >= 11 is 2.78. The summed E-state index contributed by atoms with van der Waals surface area (Å²) in [4.78, 5) is 20.4. The van der Waals surface area contributed by atoms with Gasteiger partial charge in [-0.25, -0.2) is 12.8 Å². The minimum absolute atomic E-state index is 0.0640. The maximum atomic E-state index is 13.4. The van der Waals surface area contributed by atoms with E-state index < -0.39 is 43.4 Å². The summed E-state index contributed by atoms with van der Waals surface area (Å²) in [5.74, 6) is -2.31. The molecule has 1 N–H and O–H groups in total. The summed E-state index contributed by atoms with van der Waals surface area (Å²) < 4.78 is 39.0. The molecule has 1 fully saturated rings. The van der Waals surface area contributed by atoms with Crippen LogP contribution in [-0.4, -0.2) is 41.3 Å². The Morgan fingerprint density at radius 1 is 1.50 bits per heavy atom. The second kappa shape index (κ2) is 5.89. The Hall–Kier alpha value is -1.59. The molecule has 1 aromatic carbocycles. The highest BCUT2D eigenvalue weighted by Crippen LogP contribution is 2.34. The molecule has 1 unspecified atom stereocenters. The molecule has 1 aliphatic heterocycles. The van der Waals surface area contributed by atoms with Crippen LogP contribution in [0.4, 0.5) is 10.1 Å². The zero-order chi connectivity index (χ0) is 16.7. The van der Waals surface area contributed by atoms with Crippen molar-refractivity contribution < 1.29 is 27.6 Å². The van der Waals surface area contributed by atoms with E-state index in [1.807, 2.05) is 0 Å². The highest BCUT2D eigenvalue weighted by Gasteiger charge is 2.42. The van der Waals surface area contributed by atoms with Crippen molar-refractivity contribution in [1.29, 1.82) is 0 Å². The highest BCUT2D eigenvalue weighted by molar-refractivity contribution is 9.10. The first-order chi connectivity index (χ1) is 10.2. The van der Waals surface area contributed by atoms with Crippen LogP contribution in [0.1, 0.15) is 12.8 Å². The lowest BCUT2D eigenvalue weighted by Gasteiger charge is -2.21. The number of carboxylic acid groups (broad SMARTS) is 1. The van der Waals surface area contributed by atoms with Gasteiger partial charge in [-0.3, -0.25) is 14.9 Å². The van der Waals surface area contributed by atoms with E-state index in [2.05, 4.69) is 15.9 Å². The first-order valence-electron chi connectivity index (χ1n) is 6.04. The summed E-state index contributed by atoms with van der Waals surface area (Å²) in [5, 5.41) is 20.0. The van der Waals surface area contributed by atoms with Gasteiger partial charge in [0.25, 0.3) is 15.7 Å². The van der Waals surface area contributed by atoms with Crippen molar-refractivity contribution in [2.75, 3.05) is 6.54 Å². The highest BCUT2D eigenvalue weighted by atomic mass is 79.9. The van der Waals surface area contributed by atoms with Crippen LogP contribution in [0.15, 0.2) is 21.5 Å². The summed E-state index contributed by atoms with van der Waals surface area (Å²) in [5.41, 5.74) is -0.934. The molecular formula is C11H10BrFN2O6S. The predicted octanol–water partition coefficient (Wildman–Crippen LogP) is 1.73. The molecule has 2 rings (SSSR count). The largest absolute Gasteiger partial charge is 0.480 e. The van der Waals surface area contributed by atoms with Crippen LogP contribution in [0.3, 0.4) is 0 Å². The molecule has 1 saturated heterocycles. The van der Waals surface area contributed by atoms with Crippen molar-refractivity contribution in [1.82, 2.24) is 4.31 Å². The molecule has 11 heteroatoms. The summed E-state index contributed by atoms with van der Waals surface area (Å²) in [6.45, 7) is -0.0640. The molecule has 0 aliphatic carbocycles. The maximum absolute atomic E-state index is 13.4. The first-order valence-corrected chi connectivity index (χ1v) is 8.27. The number of rotatable bonds is 4. The van der Waals surface area contributed by atoms with Crippen LogP contribution in [0.5, 0.6) is 0 Å². The van der Waals surface area contributed by atoms with Crippen LogP contribution in [-0.2, 0) is 14.8 Å². The molecule has 8 nitrogen and oxygen atoms in total. The normalized spacial score (nSPS) is 19.3. The number of halogens is 2. The molecule has 22 heavy (non-hydrogen) atoms. The van der Waals surface area contributed by atoms with Crippen LogP contribution in [0, 0.1) is 15.9 Å². The molecule has 1 aromatic rings. The molecule has 0 bridgehead atoms. The smallest absolute Gasteiger partial charge is 0.322 e. The van der Waals surface area contributed by atoms with Crippen LogP contribution in [0.2, 0.25) is 0 Å². The fourth-order valence-electron chi connectivity index (χ4n) is 2.27. The fourth-order valence-corrected chi connectivity index (χ4v) is 4.58. The van der Waals surface area contributed by atoms with Crippen LogP contribution >= 0.6 is 15.9 Å². The number of hydrogen-bond acceptors (Lipinski definition) is 5. The number of sulfonamides is 1. The molecule has 1 atom stereocenters. The zero-order valence-electron chi connectivity index (χ0n) is 10.9. The zero-order valence-corrected chi connectivity index (χ0v) is 13.3. The summed E-state index contributed by atoms with van der Waals surface area (Å²) in [7, 11) is -4.43. The van der Waals surface area contributed by atoms with E-state index in [4.69, 9.17) is 5.11 Å². The predicted molar refractivity (Wildman–Crippen MR) is 75.3 cm³/mol. The molecule has 0 radical (unpaired) electrons. The number of nitro groups is 1. The number of nitro benzene ring substituents is 1. The van der Waals surface area contributed by atoms with Gasteiger partial charge in [-0.15, -0.1) is 0 Å². The van der Waals surface area contributed by atoms with E-state index >= 15 is 0 Å². The lowest BCUT2D eigenvalue weighted by atomic mass is 10.2. The Kier molecular flexibility index (Phi) is 4.49. The summed E-state index contributed by atoms with van der Waals surface area (Å²) in [6, 6.07) is -0.0171. The first kappa shape index (κ1) is 16.8. The van der Waals surface area contributed by atoms with Crippen LogP contribution < -0.4 is 0 Å². The quantitative estimate of drug-likeness (QED) is 0.611. The van der Waals surface area contributed by atoms with Gasteiger partial charge in [0.05, 0.1) is 15.5 Å². The van der Waals surface area contributed by atoms with E-state index in [-0.39, 0.29) is 17.4 Å². The number of hydrogen-bond donors (Lipinski definition) is 1. The molecule has 1 heterocycles. The molecule has 120 valence electrons. The van der Waals surface area contributed by atoms with Crippen molar-refractivity contribution in [2.24, 2.45) is 0 Å². The third kappa shape index (κ3) is 2.83. The van der Waals surface area contributed by atoms with E-state index in [0.717, 1.165) is 6.07 Å². The van der Waals surface area contributed by atoms with Crippen LogP contribution in [0.25, 0.3) is 0 Å². The number of carbonyl (C=O) groups is 1. The molecular weight excluding hydrogens is 387 g/mol.